The van der Waals surface area contributed by atoms with E-state index < -0.39 is 27.9 Å². The van der Waals surface area contributed by atoms with Crippen molar-refractivity contribution in [3.63, 3.8) is 0 Å². The Morgan fingerprint density at radius 3 is 2.28 bits per heavy atom. The highest BCUT2D eigenvalue weighted by Gasteiger charge is 2.22. The molecule has 0 aromatic heterocycles. The highest BCUT2D eigenvalue weighted by molar-refractivity contribution is 7.92. The summed E-state index contributed by atoms with van der Waals surface area (Å²) in [5.74, 6) is -0.0358. The van der Waals surface area contributed by atoms with Crippen molar-refractivity contribution >= 4 is 27.5 Å². The predicted molar refractivity (Wildman–Crippen MR) is 106 cm³/mol. The number of rotatable bonds is 6. The zero-order valence-electron chi connectivity index (χ0n) is 16.0. The van der Waals surface area contributed by atoms with Crippen molar-refractivity contribution < 1.29 is 32.2 Å². The van der Waals surface area contributed by atoms with Gasteiger partial charge in [0.05, 0.1) is 25.0 Å². The number of hydrogen-bond acceptors (Lipinski definition) is 7. The van der Waals surface area contributed by atoms with Crippen molar-refractivity contribution in [1.82, 2.24) is 0 Å². The van der Waals surface area contributed by atoms with E-state index in [-0.39, 0.29) is 5.56 Å². The zero-order valence-corrected chi connectivity index (χ0v) is 16.8. The number of ketones is 1. The summed E-state index contributed by atoms with van der Waals surface area (Å²) in [6.07, 6.45) is 0.762. The van der Waals surface area contributed by atoms with Gasteiger partial charge in [-0.3, -0.25) is 9.52 Å². The lowest BCUT2D eigenvalue weighted by Gasteiger charge is -2.14. The molecule has 2 aromatic rings. The van der Waals surface area contributed by atoms with E-state index in [1.807, 2.05) is 0 Å². The molecule has 0 unspecified atom stereocenters. The topological polar surface area (TPSA) is 108 Å². The van der Waals surface area contributed by atoms with Gasteiger partial charge in [0.15, 0.2) is 17.6 Å². The third-order valence-electron chi connectivity index (χ3n) is 4.11. The Hall–Kier alpha value is -3.07. The second-order valence-corrected chi connectivity index (χ2v) is 8.32. The van der Waals surface area contributed by atoms with Crippen LogP contribution in [0, 0.1) is 0 Å². The zero-order chi connectivity index (χ0) is 21.0. The molecule has 0 aliphatic carbocycles. The Labute approximate surface area is 168 Å². The van der Waals surface area contributed by atoms with E-state index in [0.717, 1.165) is 12.7 Å². The molecule has 0 radical (unpaired) electrons. The molecule has 3 rings (SSSR count). The van der Waals surface area contributed by atoms with Crippen LogP contribution in [0.3, 0.4) is 0 Å². The molecule has 154 valence electrons. The number of carbonyl (C=O) groups is 2. The molecule has 1 atom stereocenters. The minimum Gasteiger partial charge on any atom is -0.490 e. The van der Waals surface area contributed by atoms with Gasteiger partial charge in [0, 0.05) is 17.7 Å². The molecule has 0 bridgehead atoms. The molecule has 29 heavy (non-hydrogen) atoms. The van der Waals surface area contributed by atoms with Gasteiger partial charge in [-0.15, -0.1) is 0 Å². The van der Waals surface area contributed by atoms with Crippen molar-refractivity contribution in [2.24, 2.45) is 0 Å². The summed E-state index contributed by atoms with van der Waals surface area (Å²) >= 11 is 0. The molecule has 0 amide bonds. The third kappa shape index (κ3) is 5.47. The standard InChI is InChI=1S/C20H21NO7S/c1-13(19(22)14-4-7-16(8-5-14)21-29(2,24)25)28-20(23)15-6-9-17-18(12-15)27-11-3-10-26-17/h4-9,12-13,21H,3,10-11H2,1-2H3/t13-/m0/s1. The number of hydrogen-bond donors (Lipinski definition) is 1. The minimum absolute atomic E-state index is 0.251. The molecule has 1 heterocycles. The van der Waals surface area contributed by atoms with Gasteiger partial charge in [-0.05, 0) is 49.4 Å². The van der Waals surface area contributed by atoms with E-state index in [9.17, 15) is 18.0 Å². The number of Topliss-reactive ketones (excluding diaryl/α,β-unsaturated/α-hetero) is 1. The Kier molecular flexibility index (Phi) is 6.07. The summed E-state index contributed by atoms with van der Waals surface area (Å²) < 4.78 is 41.2. The van der Waals surface area contributed by atoms with Crippen LogP contribution < -0.4 is 14.2 Å². The molecule has 9 heteroatoms. The van der Waals surface area contributed by atoms with Crippen LogP contribution in [-0.4, -0.2) is 45.7 Å². The Balaban J connectivity index is 1.66. The van der Waals surface area contributed by atoms with Crippen LogP contribution in [0.1, 0.15) is 34.1 Å². The Morgan fingerprint density at radius 2 is 1.62 bits per heavy atom. The van der Waals surface area contributed by atoms with Gasteiger partial charge in [0.1, 0.15) is 0 Å². The summed E-state index contributed by atoms with van der Waals surface area (Å²) in [7, 11) is -3.41. The second-order valence-electron chi connectivity index (χ2n) is 6.58. The first-order valence-electron chi connectivity index (χ1n) is 8.95. The fourth-order valence-electron chi connectivity index (χ4n) is 2.72. The number of nitrogens with one attached hydrogen (secondary N) is 1. The van der Waals surface area contributed by atoms with E-state index in [0.29, 0.717) is 36.0 Å². The monoisotopic (exact) mass is 419 g/mol. The minimum atomic E-state index is -3.41. The highest BCUT2D eigenvalue weighted by atomic mass is 32.2. The molecule has 1 N–H and O–H groups in total. The van der Waals surface area contributed by atoms with Crippen LogP contribution in [0.4, 0.5) is 5.69 Å². The van der Waals surface area contributed by atoms with Crippen molar-refractivity contribution in [1.29, 1.82) is 0 Å². The normalized spacial score (nSPS) is 14.4. The van der Waals surface area contributed by atoms with E-state index in [1.54, 1.807) is 12.1 Å². The first-order valence-corrected chi connectivity index (χ1v) is 10.8. The molecule has 1 aliphatic heterocycles. The van der Waals surface area contributed by atoms with Crippen LogP contribution in [0.5, 0.6) is 11.5 Å². The van der Waals surface area contributed by atoms with Crippen LogP contribution in [0.15, 0.2) is 42.5 Å². The van der Waals surface area contributed by atoms with E-state index in [4.69, 9.17) is 14.2 Å². The largest absolute Gasteiger partial charge is 0.490 e. The van der Waals surface area contributed by atoms with Gasteiger partial charge in [0.2, 0.25) is 15.8 Å². The summed E-state index contributed by atoms with van der Waals surface area (Å²) in [5.41, 5.74) is 0.880. The molecule has 1 aliphatic rings. The van der Waals surface area contributed by atoms with Crippen molar-refractivity contribution in [3.05, 3.63) is 53.6 Å². The Morgan fingerprint density at radius 1 is 1.00 bits per heavy atom. The maximum absolute atomic E-state index is 12.5. The lowest BCUT2D eigenvalue weighted by atomic mass is 10.1. The second kappa shape index (κ2) is 8.52. The van der Waals surface area contributed by atoms with Crippen LogP contribution in [-0.2, 0) is 14.8 Å². The lowest BCUT2D eigenvalue weighted by molar-refractivity contribution is 0.0318. The first-order chi connectivity index (χ1) is 13.7. The van der Waals surface area contributed by atoms with Crippen LogP contribution in [0.25, 0.3) is 0 Å². The number of benzene rings is 2. The van der Waals surface area contributed by atoms with E-state index >= 15 is 0 Å². The number of sulfonamides is 1. The number of fused-ring (bicyclic) bond motifs is 1. The first kappa shape index (κ1) is 20.7. The third-order valence-corrected chi connectivity index (χ3v) is 4.72. The number of ether oxygens (including phenoxy) is 3. The average Bonchev–Trinajstić information content (AvgIpc) is 2.91. The molecule has 0 fully saturated rings. The quantitative estimate of drug-likeness (QED) is 0.566. The highest BCUT2D eigenvalue weighted by Crippen LogP contribution is 2.30. The number of esters is 1. The lowest BCUT2D eigenvalue weighted by Crippen LogP contribution is -2.24. The average molecular weight is 419 g/mol. The van der Waals surface area contributed by atoms with Crippen LogP contribution >= 0.6 is 0 Å². The van der Waals surface area contributed by atoms with Gasteiger partial charge < -0.3 is 14.2 Å². The predicted octanol–water partition coefficient (Wildman–Crippen LogP) is 2.65. The molecular weight excluding hydrogens is 398 g/mol. The Bertz CT molecular complexity index is 1020. The molecule has 0 saturated heterocycles. The number of carbonyl (C=O) groups excluding carboxylic acids is 2. The number of anilines is 1. The van der Waals surface area contributed by atoms with Crippen molar-refractivity contribution in [2.75, 3.05) is 24.2 Å². The van der Waals surface area contributed by atoms with Gasteiger partial charge >= 0.3 is 5.97 Å². The van der Waals surface area contributed by atoms with Crippen LogP contribution in [0.2, 0.25) is 0 Å². The molecular formula is C20H21NO7S. The van der Waals surface area contributed by atoms with E-state index in [1.165, 1.54) is 37.3 Å². The molecule has 8 nitrogen and oxygen atoms in total. The summed E-state index contributed by atoms with van der Waals surface area (Å²) in [6, 6.07) is 10.6. The maximum Gasteiger partial charge on any atom is 0.338 e. The fraction of sp³-hybridized carbons (Fsp3) is 0.300. The fourth-order valence-corrected chi connectivity index (χ4v) is 3.29. The van der Waals surface area contributed by atoms with Gasteiger partial charge in [0.25, 0.3) is 0 Å². The summed E-state index contributed by atoms with van der Waals surface area (Å²) in [5, 5.41) is 0. The smallest absolute Gasteiger partial charge is 0.338 e. The SMILES string of the molecule is C[C@H](OC(=O)c1ccc2c(c1)OCCCO2)C(=O)c1ccc(NS(C)(=O)=O)cc1. The molecule has 2 aromatic carbocycles. The molecule has 0 spiro atoms. The van der Waals surface area contributed by atoms with E-state index in [2.05, 4.69) is 4.72 Å². The summed E-state index contributed by atoms with van der Waals surface area (Å²) in [6.45, 7) is 2.51. The van der Waals surface area contributed by atoms with Gasteiger partial charge in [-0.2, -0.15) is 0 Å². The van der Waals surface area contributed by atoms with Crippen molar-refractivity contribution in [3.8, 4) is 11.5 Å². The maximum atomic E-state index is 12.5. The van der Waals surface area contributed by atoms with Crippen molar-refractivity contribution in [2.45, 2.75) is 19.4 Å². The van der Waals surface area contributed by atoms with Gasteiger partial charge in [-0.25, -0.2) is 13.2 Å². The molecule has 0 saturated carbocycles. The summed E-state index contributed by atoms with van der Waals surface area (Å²) in [4.78, 5) is 25.0. The van der Waals surface area contributed by atoms with Gasteiger partial charge in [-0.1, -0.05) is 0 Å².